The summed E-state index contributed by atoms with van der Waals surface area (Å²) in [5.74, 6) is 1.18. The minimum atomic E-state index is -0.668. The zero-order valence-corrected chi connectivity index (χ0v) is 26.6. The first-order chi connectivity index (χ1) is 20.6. The SMILES string of the molecule is CCCCC1N(Cc2ccc(CN(Cc3ncc[nH]3)Cc3ncc[nH]3)cc2)[C@H](C(=O)O)CC12CCN(CC(C)(C)C)CC2. The van der Waals surface area contributed by atoms with Gasteiger partial charge in [0, 0.05) is 50.5 Å². The van der Waals surface area contributed by atoms with Crippen molar-refractivity contribution in [2.24, 2.45) is 10.8 Å². The summed E-state index contributed by atoms with van der Waals surface area (Å²) >= 11 is 0. The first-order valence-corrected chi connectivity index (χ1v) is 16.1. The normalized spacial score (nSPS) is 21.2. The molecule has 4 heterocycles. The summed E-state index contributed by atoms with van der Waals surface area (Å²) in [5.41, 5.74) is 2.76. The number of piperidine rings is 1. The minimum absolute atomic E-state index is 0.0881. The molecule has 234 valence electrons. The lowest BCUT2D eigenvalue weighted by Crippen LogP contribution is -2.49. The van der Waals surface area contributed by atoms with E-state index in [1.165, 1.54) is 11.1 Å². The van der Waals surface area contributed by atoms with Crippen molar-refractivity contribution >= 4 is 5.97 Å². The van der Waals surface area contributed by atoms with Crippen molar-refractivity contribution in [1.82, 2.24) is 34.6 Å². The number of imidazole rings is 2. The molecule has 1 aromatic carbocycles. The molecule has 3 aromatic rings. The monoisotopic (exact) mass is 589 g/mol. The van der Waals surface area contributed by atoms with E-state index in [1.807, 2.05) is 12.4 Å². The summed E-state index contributed by atoms with van der Waals surface area (Å²) in [7, 11) is 0. The number of aromatic amines is 2. The molecule has 2 aromatic heterocycles. The van der Waals surface area contributed by atoms with Gasteiger partial charge in [0.15, 0.2) is 0 Å². The predicted octanol–water partition coefficient (Wildman–Crippen LogP) is 5.68. The molecule has 5 rings (SSSR count). The van der Waals surface area contributed by atoms with Gasteiger partial charge in [-0.25, -0.2) is 9.97 Å². The van der Waals surface area contributed by atoms with Crippen molar-refractivity contribution in [3.05, 3.63) is 71.8 Å². The van der Waals surface area contributed by atoms with Crippen molar-refractivity contribution in [2.75, 3.05) is 19.6 Å². The second-order valence-electron chi connectivity index (χ2n) is 14.1. The van der Waals surface area contributed by atoms with Crippen molar-refractivity contribution in [3.63, 3.8) is 0 Å². The van der Waals surface area contributed by atoms with Crippen LogP contribution in [0.15, 0.2) is 49.1 Å². The Balaban J connectivity index is 1.29. The molecular formula is C34H51N7O2. The van der Waals surface area contributed by atoms with Gasteiger partial charge in [-0.2, -0.15) is 0 Å². The Kier molecular flexibility index (Phi) is 10.0. The lowest BCUT2D eigenvalue weighted by atomic mass is 9.70. The summed E-state index contributed by atoms with van der Waals surface area (Å²) in [6, 6.07) is 8.66. The Hall–Kier alpha value is -3.01. The largest absolute Gasteiger partial charge is 0.480 e. The van der Waals surface area contributed by atoms with Gasteiger partial charge in [-0.05, 0) is 60.7 Å². The number of nitrogens with one attached hydrogen (secondary N) is 2. The highest BCUT2D eigenvalue weighted by atomic mass is 16.4. The van der Waals surface area contributed by atoms with Crippen LogP contribution >= 0.6 is 0 Å². The molecule has 0 amide bonds. The van der Waals surface area contributed by atoms with Gasteiger partial charge in [0.1, 0.15) is 17.7 Å². The number of hydrogen-bond acceptors (Lipinski definition) is 6. The number of carbonyl (C=O) groups is 1. The molecule has 9 nitrogen and oxygen atoms in total. The number of unbranched alkanes of at least 4 members (excludes halogenated alkanes) is 1. The molecule has 2 saturated heterocycles. The smallest absolute Gasteiger partial charge is 0.320 e. The van der Waals surface area contributed by atoms with E-state index in [4.69, 9.17) is 0 Å². The van der Waals surface area contributed by atoms with Crippen LogP contribution < -0.4 is 0 Å². The Morgan fingerprint density at radius 3 is 2.12 bits per heavy atom. The summed E-state index contributed by atoms with van der Waals surface area (Å²) in [4.78, 5) is 35.2. The number of hydrogen-bond donors (Lipinski definition) is 3. The van der Waals surface area contributed by atoms with Crippen molar-refractivity contribution in [2.45, 2.75) is 104 Å². The van der Waals surface area contributed by atoms with Gasteiger partial charge in [0.25, 0.3) is 0 Å². The van der Waals surface area contributed by atoms with Crippen LogP contribution in [0.2, 0.25) is 0 Å². The molecule has 43 heavy (non-hydrogen) atoms. The quantitative estimate of drug-likeness (QED) is 0.236. The minimum Gasteiger partial charge on any atom is -0.480 e. The van der Waals surface area contributed by atoms with Crippen LogP contribution in [-0.2, 0) is 31.0 Å². The molecular weight excluding hydrogens is 538 g/mol. The fourth-order valence-electron chi connectivity index (χ4n) is 7.47. The van der Waals surface area contributed by atoms with Crippen LogP contribution in [0.1, 0.15) is 89.0 Å². The Morgan fingerprint density at radius 2 is 1.60 bits per heavy atom. The lowest BCUT2D eigenvalue weighted by Gasteiger charge is -2.45. The second-order valence-corrected chi connectivity index (χ2v) is 14.1. The molecule has 2 atom stereocenters. The van der Waals surface area contributed by atoms with Crippen molar-refractivity contribution < 1.29 is 9.90 Å². The van der Waals surface area contributed by atoms with Crippen molar-refractivity contribution in [1.29, 1.82) is 0 Å². The zero-order valence-electron chi connectivity index (χ0n) is 26.6. The third kappa shape index (κ3) is 8.13. The Labute approximate surface area is 257 Å². The van der Waals surface area contributed by atoms with E-state index in [2.05, 4.69) is 86.6 Å². The number of benzene rings is 1. The number of carboxylic acid groups (broad SMARTS) is 1. The highest BCUT2D eigenvalue weighted by Crippen LogP contribution is 2.50. The molecule has 2 aliphatic rings. The van der Waals surface area contributed by atoms with E-state index in [-0.39, 0.29) is 10.8 Å². The maximum Gasteiger partial charge on any atom is 0.320 e. The summed E-state index contributed by atoms with van der Waals surface area (Å²) in [6.45, 7) is 15.2. The number of rotatable bonds is 13. The molecule has 2 aliphatic heterocycles. The van der Waals surface area contributed by atoms with Crippen LogP contribution in [0.25, 0.3) is 0 Å². The van der Waals surface area contributed by atoms with Crippen molar-refractivity contribution in [3.8, 4) is 0 Å². The summed E-state index contributed by atoms with van der Waals surface area (Å²) < 4.78 is 0. The van der Waals surface area contributed by atoms with Gasteiger partial charge in [-0.1, -0.05) is 64.8 Å². The van der Waals surface area contributed by atoms with E-state index < -0.39 is 12.0 Å². The number of carboxylic acids is 1. The third-order valence-electron chi connectivity index (χ3n) is 9.42. The number of aliphatic carboxylic acids is 1. The van der Waals surface area contributed by atoms with Crippen LogP contribution in [-0.4, -0.2) is 77.4 Å². The van der Waals surface area contributed by atoms with E-state index in [9.17, 15) is 9.90 Å². The van der Waals surface area contributed by atoms with E-state index in [0.717, 1.165) is 76.4 Å². The standard InChI is InChI=1S/C34H51N7O2/c1-5-6-7-29-34(12-18-39(19-13-34)25-33(2,3)4)20-28(32(42)43)41(29)22-27-10-8-26(9-11-27)21-40(23-30-35-14-15-36-30)24-31-37-16-17-38-31/h8-11,14-17,28-29H,5-7,12-13,18-25H2,1-4H3,(H,35,36)(H,37,38)(H,42,43)/t28-,29?/m0/s1. The molecule has 0 aliphatic carbocycles. The topological polar surface area (TPSA) is 104 Å². The fraction of sp³-hybridized carbons (Fsp3) is 0.618. The van der Waals surface area contributed by atoms with Gasteiger partial charge in [-0.3, -0.25) is 14.6 Å². The van der Waals surface area contributed by atoms with E-state index in [1.54, 1.807) is 12.4 Å². The number of aromatic nitrogens is 4. The molecule has 0 radical (unpaired) electrons. The number of H-pyrrole nitrogens is 2. The maximum atomic E-state index is 12.7. The Bertz CT molecular complexity index is 1220. The van der Waals surface area contributed by atoms with Gasteiger partial charge in [0.05, 0.1) is 13.1 Å². The van der Waals surface area contributed by atoms with Gasteiger partial charge in [-0.15, -0.1) is 0 Å². The number of nitrogens with zero attached hydrogens (tertiary/aromatic N) is 5. The average Bonchev–Trinajstić information content (AvgIpc) is 3.72. The predicted molar refractivity (Wildman–Crippen MR) is 169 cm³/mol. The van der Waals surface area contributed by atoms with Crippen LogP contribution in [0, 0.1) is 10.8 Å². The van der Waals surface area contributed by atoms with Gasteiger partial charge >= 0.3 is 5.97 Å². The molecule has 1 spiro atoms. The van der Waals surface area contributed by atoms with Crippen LogP contribution in [0.4, 0.5) is 0 Å². The van der Waals surface area contributed by atoms with Gasteiger partial charge in [0.2, 0.25) is 0 Å². The zero-order chi connectivity index (χ0) is 30.5. The summed E-state index contributed by atoms with van der Waals surface area (Å²) in [5, 5.41) is 10.4. The van der Waals surface area contributed by atoms with Crippen LogP contribution in [0.3, 0.4) is 0 Å². The highest BCUT2D eigenvalue weighted by Gasteiger charge is 2.54. The first kappa shape index (κ1) is 31.4. The molecule has 0 bridgehead atoms. The number of likely N-dealkylation sites (tertiary alicyclic amines) is 2. The second kappa shape index (κ2) is 13.7. The van der Waals surface area contributed by atoms with Crippen LogP contribution in [0.5, 0.6) is 0 Å². The molecule has 1 unspecified atom stereocenters. The molecule has 2 fully saturated rings. The van der Waals surface area contributed by atoms with E-state index >= 15 is 0 Å². The molecule has 9 heteroatoms. The summed E-state index contributed by atoms with van der Waals surface area (Å²) in [6.07, 6.45) is 13.6. The fourth-order valence-corrected chi connectivity index (χ4v) is 7.47. The Morgan fingerprint density at radius 1 is 1.00 bits per heavy atom. The van der Waals surface area contributed by atoms with Gasteiger partial charge < -0.3 is 20.0 Å². The first-order valence-electron chi connectivity index (χ1n) is 16.1. The maximum absolute atomic E-state index is 12.7. The molecule has 0 saturated carbocycles. The average molecular weight is 590 g/mol. The lowest BCUT2D eigenvalue weighted by molar-refractivity contribution is -0.142. The van der Waals surface area contributed by atoms with E-state index in [0.29, 0.717) is 25.7 Å². The molecule has 3 N–H and O–H groups in total. The highest BCUT2D eigenvalue weighted by molar-refractivity contribution is 5.74. The third-order valence-corrected chi connectivity index (χ3v) is 9.42.